The van der Waals surface area contributed by atoms with E-state index in [1.807, 2.05) is 11.8 Å². The summed E-state index contributed by atoms with van der Waals surface area (Å²) < 4.78 is 69.2. The molecule has 7 atom stereocenters. The van der Waals surface area contributed by atoms with Gasteiger partial charge in [0.1, 0.15) is 29.8 Å². The highest BCUT2D eigenvalue weighted by Crippen LogP contribution is 2.66. The molecular formula is C38H51FN9O15P3S. The molecule has 0 radical (unpaired) electrons. The highest BCUT2D eigenvalue weighted by atomic mass is 32.2. The fourth-order valence-corrected chi connectivity index (χ4v) is 12.2. The summed E-state index contributed by atoms with van der Waals surface area (Å²) >= 11 is 1.86. The van der Waals surface area contributed by atoms with Crippen LogP contribution in [-0.4, -0.2) is 107 Å². The Morgan fingerprint density at radius 3 is 2.49 bits per heavy atom. The van der Waals surface area contributed by atoms with Crippen LogP contribution in [0.25, 0.3) is 11.0 Å². The summed E-state index contributed by atoms with van der Waals surface area (Å²) in [5, 5.41) is 14.8. The van der Waals surface area contributed by atoms with E-state index < -0.39 is 54.1 Å². The van der Waals surface area contributed by atoms with Gasteiger partial charge in [-0.15, -0.1) is 0 Å². The molecule has 2 unspecified atom stereocenters. The second-order valence-corrected chi connectivity index (χ2v) is 21.4. The van der Waals surface area contributed by atoms with Crippen LogP contribution in [0.1, 0.15) is 91.9 Å². The van der Waals surface area contributed by atoms with E-state index in [-0.39, 0.29) is 72.8 Å². The lowest BCUT2D eigenvalue weighted by Crippen LogP contribution is -2.36. The van der Waals surface area contributed by atoms with Crippen molar-refractivity contribution in [1.29, 1.82) is 0 Å². The standard InChI is InChI=1S/C38H51FN9O15P3S/c39-27-17-23(11-12-24(27)18-43-31(50)9-2-1-5-15-41-30(49)10-4-3-8-29-34-28(21-67-29)46-38(52)47-34)37(51)42-16-6-7-25-19-48(36-33(25)35(40)44-22-45-36)32-14-13-26(61-32)20-60-65(56,57)63-66(58,59)62-64(53,54)55/h11-12,17,19,22,26,28-29,32,34H,1-5,8-10,13-16,18,20-21H2,(H,41,49)(H,42,51)(H,43,50)(H,56,57)(H,58,59)(H2,40,44,45)(H2,46,47,52)(H2,53,54,55)/t26-,28-,29-,32+,34-/m0/s1. The molecule has 0 spiro atoms. The minimum Gasteiger partial charge on any atom is -0.383 e. The molecule has 29 heteroatoms. The Bertz CT molecular complexity index is 2520. The van der Waals surface area contributed by atoms with Gasteiger partial charge < -0.3 is 61.2 Å². The number of carbonyl (C=O) groups excluding carboxylic acids is 4. The first-order chi connectivity index (χ1) is 31.8. The molecule has 5 amide bonds. The third kappa shape index (κ3) is 15.5. The minimum absolute atomic E-state index is 0.00767. The number of hydrogen-bond acceptors (Lipinski definition) is 15. The van der Waals surface area contributed by atoms with Crippen LogP contribution in [-0.2, 0) is 47.7 Å². The summed E-state index contributed by atoms with van der Waals surface area (Å²) in [6, 6.07) is 4.13. The van der Waals surface area contributed by atoms with Crippen LogP contribution in [0.3, 0.4) is 0 Å². The number of rotatable bonds is 23. The zero-order valence-electron chi connectivity index (χ0n) is 35.7. The van der Waals surface area contributed by atoms with E-state index in [0.717, 1.165) is 37.5 Å². The maximum Gasteiger partial charge on any atom is 0.490 e. The summed E-state index contributed by atoms with van der Waals surface area (Å²) in [5.74, 6) is 5.14. The average molecular weight is 1020 g/mol. The largest absolute Gasteiger partial charge is 0.490 e. The second kappa shape index (κ2) is 23.2. The molecule has 0 bridgehead atoms. The van der Waals surface area contributed by atoms with E-state index in [4.69, 9.17) is 24.8 Å². The summed E-state index contributed by atoms with van der Waals surface area (Å²) in [7, 11) is -16.6. The third-order valence-corrected chi connectivity index (χ3v) is 16.0. The molecule has 366 valence electrons. The molecule has 11 N–H and O–H groups in total. The van der Waals surface area contributed by atoms with Crippen molar-refractivity contribution >= 4 is 75.8 Å². The molecule has 67 heavy (non-hydrogen) atoms. The van der Waals surface area contributed by atoms with Crippen LogP contribution in [0.15, 0.2) is 30.7 Å². The number of amides is 5. The number of halogens is 1. The van der Waals surface area contributed by atoms with Crippen LogP contribution >= 0.6 is 35.2 Å². The van der Waals surface area contributed by atoms with Gasteiger partial charge in [-0.25, -0.2) is 32.8 Å². The van der Waals surface area contributed by atoms with Crippen molar-refractivity contribution in [3.63, 3.8) is 0 Å². The van der Waals surface area contributed by atoms with E-state index in [9.17, 15) is 47.1 Å². The number of ether oxygens (including phenoxy) is 1. The first-order valence-corrected chi connectivity index (χ1v) is 26.6. The Hall–Kier alpha value is -4.47. The van der Waals surface area contributed by atoms with Crippen LogP contribution in [0, 0.1) is 17.7 Å². The molecule has 6 rings (SSSR count). The third-order valence-electron chi connectivity index (χ3n) is 10.7. The molecular weight excluding hydrogens is 966 g/mol. The van der Waals surface area contributed by atoms with Crippen molar-refractivity contribution in [2.24, 2.45) is 0 Å². The number of aromatic nitrogens is 3. The number of phosphoric acid groups is 3. The lowest BCUT2D eigenvalue weighted by atomic mass is 10.0. The maximum atomic E-state index is 15.0. The molecule has 3 aliphatic heterocycles. The zero-order valence-corrected chi connectivity index (χ0v) is 39.2. The number of nitrogens with zero attached hydrogens (tertiary/aromatic N) is 3. The van der Waals surface area contributed by atoms with Gasteiger partial charge >= 0.3 is 29.5 Å². The van der Waals surface area contributed by atoms with Crippen molar-refractivity contribution in [1.82, 2.24) is 41.1 Å². The summed E-state index contributed by atoms with van der Waals surface area (Å²) in [6.45, 7) is -0.352. The van der Waals surface area contributed by atoms with Crippen molar-refractivity contribution < 1.29 is 74.7 Å². The average Bonchev–Trinajstić information content (AvgIpc) is 4.04. The van der Waals surface area contributed by atoms with Gasteiger partial charge in [-0.05, 0) is 50.7 Å². The molecule has 3 fully saturated rings. The quantitative estimate of drug-likeness (QED) is 0.0282. The van der Waals surface area contributed by atoms with E-state index in [1.165, 1.54) is 18.5 Å². The van der Waals surface area contributed by atoms with Crippen molar-refractivity contribution in [3.8, 4) is 11.8 Å². The van der Waals surface area contributed by atoms with Gasteiger partial charge in [0.15, 0.2) is 0 Å². The Morgan fingerprint density at radius 1 is 0.970 bits per heavy atom. The molecule has 3 aliphatic rings. The summed E-state index contributed by atoms with van der Waals surface area (Å²) in [5.41, 5.74) is 7.03. The number of carbonyl (C=O) groups is 4. The number of thioether (sulfide) groups is 1. The topological polar surface area (TPSA) is 354 Å². The van der Waals surface area contributed by atoms with Gasteiger partial charge in [0.25, 0.3) is 5.91 Å². The minimum atomic E-state index is -5.69. The van der Waals surface area contributed by atoms with Gasteiger partial charge in [-0.2, -0.15) is 20.4 Å². The number of nitrogens with one attached hydrogen (secondary N) is 5. The summed E-state index contributed by atoms with van der Waals surface area (Å²) in [4.78, 5) is 93.9. The highest BCUT2D eigenvalue weighted by Gasteiger charge is 2.43. The molecule has 5 heterocycles. The van der Waals surface area contributed by atoms with Crippen LogP contribution in [0.5, 0.6) is 0 Å². The number of unbranched alkanes of at least 4 members (excludes halogenated alkanes) is 3. The van der Waals surface area contributed by atoms with Gasteiger partial charge in [0.05, 0.1) is 42.3 Å². The molecule has 0 saturated carbocycles. The molecule has 3 saturated heterocycles. The van der Waals surface area contributed by atoms with E-state index in [1.54, 1.807) is 10.8 Å². The highest BCUT2D eigenvalue weighted by molar-refractivity contribution is 8.00. The van der Waals surface area contributed by atoms with Crippen molar-refractivity contribution in [2.75, 3.05) is 31.2 Å². The number of fused-ring (bicyclic) bond motifs is 2. The zero-order chi connectivity index (χ0) is 48.4. The Balaban J connectivity index is 0.874. The van der Waals surface area contributed by atoms with Gasteiger partial charge in [-0.3, -0.25) is 18.9 Å². The normalized spacial score (nSPS) is 21.9. The maximum absolute atomic E-state index is 15.0. The lowest BCUT2D eigenvalue weighted by molar-refractivity contribution is -0.122. The molecule has 2 aromatic heterocycles. The number of nitrogen functional groups attached to an aromatic ring is 1. The predicted molar refractivity (Wildman–Crippen MR) is 238 cm³/mol. The van der Waals surface area contributed by atoms with E-state index >= 15 is 0 Å². The number of benzene rings is 1. The smallest absolute Gasteiger partial charge is 0.383 e. The number of hydrogen-bond donors (Lipinski definition) is 10. The molecule has 24 nitrogen and oxygen atoms in total. The molecule has 1 aromatic carbocycles. The fraction of sp³-hybridized carbons (Fsp3) is 0.526. The van der Waals surface area contributed by atoms with E-state index in [2.05, 4.69) is 57.0 Å². The Kier molecular flexibility index (Phi) is 18.0. The Morgan fingerprint density at radius 2 is 1.73 bits per heavy atom. The van der Waals surface area contributed by atoms with Crippen molar-refractivity contribution in [3.05, 3.63) is 53.2 Å². The summed E-state index contributed by atoms with van der Waals surface area (Å²) in [6.07, 6.45) is 7.11. The van der Waals surface area contributed by atoms with Gasteiger partial charge in [0, 0.05) is 54.3 Å². The number of anilines is 1. The first-order valence-electron chi connectivity index (χ1n) is 21.1. The van der Waals surface area contributed by atoms with Crippen LogP contribution < -0.4 is 32.3 Å². The van der Waals surface area contributed by atoms with Crippen molar-refractivity contribution in [2.45, 2.75) is 100 Å². The number of nitrogens with two attached hydrogens (primary N) is 1. The molecule has 3 aromatic rings. The molecule has 0 aliphatic carbocycles. The van der Waals surface area contributed by atoms with Gasteiger partial charge in [-0.1, -0.05) is 30.7 Å². The monoisotopic (exact) mass is 1020 g/mol. The number of urea groups is 1. The predicted octanol–water partition coefficient (Wildman–Crippen LogP) is 2.97. The fourth-order valence-electron chi connectivity index (χ4n) is 7.57. The van der Waals surface area contributed by atoms with E-state index in [0.29, 0.717) is 54.1 Å². The SMILES string of the molecule is Nc1ncnc2c1c(C#CCNC(=O)c1ccc(CNC(=O)CCCCCNC(=O)CCCC[C@@H]3SC[C@@H]4NC(=O)N[C@@H]43)c(F)c1)cn2[C@H]1CC[C@@H](COP(=O)(O)OP(=O)(O)OP(=O)(O)O)O1. The van der Waals surface area contributed by atoms with Crippen LogP contribution in [0.2, 0.25) is 0 Å². The lowest BCUT2D eigenvalue weighted by Gasteiger charge is -2.19. The second-order valence-electron chi connectivity index (χ2n) is 15.7. The van der Waals surface area contributed by atoms with Gasteiger partial charge in [0.2, 0.25) is 11.8 Å². The van der Waals surface area contributed by atoms with Crippen LogP contribution in [0.4, 0.5) is 15.0 Å². The first kappa shape index (κ1) is 51.9. The Labute approximate surface area is 387 Å². The number of phosphoric ester groups is 1.